The van der Waals surface area contributed by atoms with Crippen molar-refractivity contribution in [1.82, 2.24) is 9.47 Å². The number of nitrogens with zero attached hydrogens (tertiary/aromatic N) is 2. The first-order valence-corrected chi connectivity index (χ1v) is 6.46. The number of hydrogen-bond acceptors (Lipinski definition) is 3. The van der Waals surface area contributed by atoms with E-state index < -0.39 is 18.1 Å². The van der Waals surface area contributed by atoms with Crippen molar-refractivity contribution in [3.63, 3.8) is 0 Å². The fourth-order valence-electron chi connectivity index (χ4n) is 2.67. The molecule has 2 atom stereocenters. The number of hydrogen-bond donors (Lipinski definition) is 2. The molecule has 0 bridgehead atoms. The smallest absolute Gasteiger partial charge is 0.326 e. The van der Waals surface area contributed by atoms with E-state index in [9.17, 15) is 14.7 Å². The Bertz CT molecular complexity index is 520. The van der Waals surface area contributed by atoms with Crippen molar-refractivity contribution in [2.45, 2.75) is 37.5 Å². The van der Waals surface area contributed by atoms with Crippen LogP contribution in [0.3, 0.4) is 0 Å². The average molecular weight is 264 g/mol. The Labute approximate surface area is 110 Å². The summed E-state index contributed by atoms with van der Waals surface area (Å²) in [5.74, 6) is -1.37. The third-order valence-corrected chi connectivity index (χ3v) is 3.76. The second-order valence-corrected chi connectivity index (χ2v) is 5.23. The van der Waals surface area contributed by atoms with E-state index in [0.29, 0.717) is 11.7 Å². The number of rotatable bonds is 3. The zero-order chi connectivity index (χ0) is 13.6. The van der Waals surface area contributed by atoms with Crippen LogP contribution in [0.25, 0.3) is 0 Å². The average Bonchev–Trinajstić information content (AvgIpc) is 2.96. The van der Waals surface area contributed by atoms with Crippen LogP contribution in [0, 0.1) is 0 Å². The molecule has 6 nitrogen and oxygen atoms in total. The highest BCUT2D eigenvalue weighted by atomic mass is 16.4. The minimum absolute atomic E-state index is 0.0889. The normalized spacial score (nSPS) is 26.7. The van der Waals surface area contributed by atoms with Crippen molar-refractivity contribution in [2.24, 2.45) is 0 Å². The van der Waals surface area contributed by atoms with Crippen LogP contribution in [0.1, 0.15) is 35.8 Å². The number of β-amino-alcohol motifs (C(OH)–C–C–N with tert-alkyl or cyclic N) is 1. The molecule has 0 aromatic carbocycles. The van der Waals surface area contributed by atoms with Crippen molar-refractivity contribution < 1.29 is 19.8 Å². The molecule has 3 rings (SSSR count). The number of amides is 1. The van der Waals surface area contributed by atoms with Crippen LogP contribution in [0.2, 0.25) is 0 Å². The molecule has 1 saturated carbocycles. The molecular weight excluding hydrogens is 248 g/mol. The molecule has 1 saturated heterocycles. The Morgan fingerprint density at radius 1 is 1.32 bits per heavy atom. The molecule has 1 aromatic rings. The maximum atomic E-state index is 12.5. The predicted molar refractivity (Wildman–Crippen MR) is 65.8 cm³/mol. The summed E-state index contributed by atoms with van der Waals surface area (Å²) in [6, 6.07) is 2.95. The summed E-state index contributed by atoms with van der Waals surface area (Å²) in [5, 5.41) is 18.7. The quantitative estimate of drug-likeness (QED) is 0.832. The fraction of sp³-hybridized carbons (Fsp3) is 0.538. The maximum absolute atomic E-state index is 12.5. The van der Waals surface area contributed by atoms with Gasteiger partial charge in [-0.1, -0.05) is 0 Å². The van der Waals surface area contributed by atoms with E-state index in [1.54, 1.807) is 12.1 Å². The van der Waals surface area contributed by atoms with E-state index in [4.69, 9.17) is 5.11 Å². The summed E-state index contributed by atoms with van der Waals surface area (Å²) in [4.78, 5) is 24.9. The number of aromatic nitrogens is 1. The molecule has 2 aliphatic rings. The molecule has 6 heteroatoms. The van der Waals surface area contributed by atoms with Crippen LogP contribution in [0.5, 0.6) is 0 Å². The molecule has 1 aliphatic heterocycles. The number of carboxylic acid groups (broad SMARTS) is 1. The van der Waals surface area contributed by atoms with Crippen molar-refractivity contribution in [3.8, 4) is 0 Å². The Morgan fingerprint density at radius 3 is 2.68 bits per heavy atom. The summed E-state index contributed by atoms with van der Waals surface area (Å²) < 4.78 is 1.91. The SMILES string of the molecule is O=C(O)[C@H]1C[C@@H](O)CN1C(=O)c1cccn1C1CC1. The molecule has 1 aliphatic carbocycles. The van der Waals surface area contributed by atoms with E-state index in [-0.39, 0.29) is 18.9 Å². The van der Waals surface area contributed by atoms with Crippen molar-refractivity contribution in [3.05, 3.63) is 24.0 Å². The number of aliphatic carboxylic acids is 1. The van der Waals surface area contributed by atoms with Gasteiger partial charge in [0.25, 0.3) is 5.91 Å². The molecule has 2 heterocycles. The molecular formula is C13H16N2O4. The highest BCUT2D eigenvalue weighted by Crippen LogP contribution is 2.36. The monoisotopic (exact) mass is 264 g/mol. The zero-order valence-electron chi connectivity index (χ0n) is 10.4. The van der Waals surface area contributed by atoms with E-state index in [0.717, 1.165) is 12.8 Å². The fourth-order valence-corrected chi connectivity index (χ4v) is 2.67. The molecule has 102 valence electrons. The standard InChI is InChI=1S/C13H16N2O4/c16-9-6-11(13(18)19)15(7-9)12(17)10-2-1-5-14(10)8-3-4-8/h1-2,5,8-9,11,16H,3-4,6-7H2,(H,18,19)/t9-,11-/m1/s1. The third kappa shape index (κ3) is 2.12. The minimum Gasteiger partial charge on any atom is -0.480 e. The van der Waals surface area contributed by atoms with Gasteiger partial charge in [-0.3, -0.25) is 4.79 Å². The Balaban J connectivity index is 1.86. The Hall–Kier alpha value is -1.82. The van der Waals surface area contributed by atoms with Gasteiger partial charge in [-0.25, -0.2) is 4.79 Å². The van der Waals surface area contributed by atoms with E-state index >= 15 is 0 Å². The second kappa shape index (κ2) is 4.38. The lowest BCUT2D eigenvalue weighted by molar-refractivity contribution is -0.141. The van der Waals surface area contributed by atoms with Crippen molar-refractivity contribution in [1.29, 1.82) is 0 Å². The number of aliphatic hydroxyl groups excluding tert-OH is 1. The predicted octanol–water partition coefficient (Wildman–Crippen LogP) is 0.483. The van der Waals surface area contributed by atoms with Gasteiger partial charge in [0.15, 0.2) is 0 Å². The molecule has 0 spiro atoms. The van der Waals surface area contributed by atoms with Crippen LogP contribution in [0.15, 0.2) is 18.3 Å². The second-order valence-electron chi connectivity index (χ2n) is 5.23. The topological polar surface area (TPSA) is 82.8 Å². The highest BCUT2D eigenvalue weighted by Gasteiger charge is 2.40. The molecule has 0 unspecified atom stereocenters. The summed E-state index contributed by atoms with van der Waals surface area (Å²) in [5.41, 5.74) is 0.517. The Morgan fingerprint density at radius 2 is 2.05 bits per heavy atom. The summed E-state index contributed by atoms with van der Waals surface area (Å²) >= 11 is 0. The number of aliphatic hydroxyl groups is 1. The first-order chi connectivity index (χ1) is 9.08. The largest absolute Gasteiger partial charge is 0.480 e. The molecule has 2 fully saturated rings. The molecule has 2 N–H and O–H groups in total. The molecule has 1 aromatic heterocycles. The van der Waals surface area contributed by atoms with Crippen LogP contribution in [-0.4, -0.2) is 50.2 Å². The highest BCUT2D eigenvalue weighted by molar-refractivity contribution is 5.96. The van der Waals surface area contributed by atoms with Crippen LogP contribution in [-0.2, 0) is 4.79 Å². The lowest BCUT2D eigenvalue weighted by Crippen LogP contribution is -2.41. The van der Waals surface area contributed by atoms with Gasteiger partial charge in [-0.15, -0.1) is 0 Å². The van der Waals surface area contributed by atoms with E-state index in [1.807, 2.05) is 10.8 Å². The zero-order valence-corrected chi connectivity index (χ0v) is 10.4. The first-order valence-electron chi connectivity index (χ1n) is 6.46. The van der Waals surface area contributed by atoms with Gasteiger partial charge >= 0.3 is 5.97 Å². The van der Waals surface area contributed by atoms with Crippen LogP contribution in [0.4, 0.5) is 0 Å². The number of likely N-dealkylation sites (tertiary alicyclic amines) is 1. The summed E-state index contributed by atoms with van der Waals surface area (Å²) in [6.45, 7) is 0.0889. The van der Waals surface area contributed by atoms with E-state index in [1.165, 1.54) is 4.90 Å². The van der Waals surface area contributed by atoms with Crippen molar-refractivity contribution in [2.75, 3.05) is 6.54 Å². The first kappa shape index (κ1) is 12.2. The maximum Gasteiger partial charge on any atom is 0.326 e. The summed E-state index contributed by atoms with van der Waals surface area (Å²) in [7, 11) is 0. The van der Waals surface area contributed by atoms with E-state index in [2.05, 4.69) is 0 Å². The van der Waals surface area contributed by atoms with Crippen molar-refractivity contribution >= 4 is 11.9 Å². The third-order valence-electron chi connectivity index (χ3n) is 3.76. The lowest BCUT2D eigenvalue weighted by Gasteiger charge is -2.21. The molecule has 19 heavy (non-hydrogen) atoms. The van der Waals surface area contributed by atoms with Gasteiger partial charge in [-0.2, -0.15) is 0 Å². The van der Waals surface area contributed by atoms with Gasteiger partial charge in [0.2, 0.25) is 0 Å². The van der Waals surface area contributed by atoms with Gasteiger partial charge < -0.3 is 19.7 Å². The molecule has 1 amide bonds. The van der Waals surface area contributed by atoms with Gasteiger partial charge in [0.05, 0.1) is 6.10 Å². The van der Waals surface area contributed by atoms with Crippen LogP contribution < -0.4 is 0 Å². The molecule has 0 radical (unpaired) electrons. The number of carbonyl (C=O) groups excluding carboxylic acids is 1. The van der Waals surface area contributed by atoms with Crippen LogP contribution >= 0.6 is 0 Å². The Kier molecular flexibility index (Phi) is 2.82. The lowest BCUT2D eigenvalue weighted by atomic mass is 10.2. The van der Waals surface area contributed by atoms with Gasteiger partial charge in [-0.05, 0) is 25.0 Å². The number of carboxylic acids is 1. The number of carbonyl (C=O) groups is 2. The summed E-state index contributed by atoms with van der Waals surface area (Å²) in [6.07, 6.45) is 3.31. The van der Waals surface area contributed by atoms with Gasteiger partial charge in [0.1, 0.15) is 11.7 Å². The minimum atomic E-state index is -1.06. The van der Waals surface area contributed by atoms with Gasteiger partial charge in [0, 0.05) is 25.2 Å².